The zero-order valence-corrected chi connectivity index (χ0v) is 21.8. The summed E-state index contributed by atoms with van der Waals surface area (Å²) in [4.78, 5) is 43.1. The fourth-order valence-corrected chi connectivity index (χ4v) is 4.17. The molecule has 0 radical (unpaired) electrons. The van der Waals surface area contributed by atoms with Crippen LogP contribution >= 0.6 is 0 Å². The predicted molar refractivity (Wildman–Crippen MR) is 148 cm³/mol. The Bertz CT molecular complexity index is 1580. The Morgan fingerprint density at radius 2 is 1.60 bits per heavy atom. The number of ether oxygens (including phenoxy) is 2. The number of aromatic amines is 1. The molecule has 10 nitrogen and oxygen atoms in total. The van der Waals surface area contributed by atoms with Crippen molar-refractivity contribution in [2.75, 3.05) is 25.5 Å². The number of nitriles is 1. The van der Waals surface area contributed by atoms with Gasteiger partial charge in [-0.1, -0.05) is 12.1 Å². The quantitative estimate of drug-likeness (QED) is 0.277. The second kappa shape index (κ2) is 11.6. The van der Waals surface area contributed by atoms with Crippen LogP contribution in [0.25, 0.3) is 10.9 Å². The highest BCUT2D eigenvalue weighted by atomic mass is 16.5. The second-order valence-electron chi connectivity index (χ2n) is 9.42. The molecule has 3 amide bonds. The third-order valence-corrected chi connectivity index (χ3v) is 6.34. The summed E-state index contributed by atoms with van der Waals surface area (Å²) < 4.78 is 11.0. The van der Waals surface area contributed by atoms with Crippen molar-refractivity contribution < 1.29 is 23.9 Å². The van der Waals surface area contributed by atoms with Crippen LogP contribution in [0.5, 0.6) is 17.2 Å². The van der Waals surface area contributed by atoms with Crippen molar-refractivity contribution in [2.45, 2.75) is 18.9 Å². The minimum atomic E-state index is -0.524. The Morgan fingerprint density at radius 3 is 2.25 bits per heavy atom. The maximum Gasteiger partial charge on any atom is 0.271 e. The average molecular weight is 538 g/mol. The highest BCUT2D eigenvalue weighted by Gasteiger charge is 2.27. The van der Waals surface area contributed by atoms with Crippen LogP contribution in [-0.2, 0) is 9.59 Å². The second-order valence-corrected chi connectivity index (χ2v) is 9.42. The number of nitrogens with one attached hydrogen (secondary N) is 3. The van der Waals surface area contributed by atoms with Gasteiger partial charge in [0.1, 0.15) is 42.1 Å². The van der Waals surface area contributed by atoms with Gasteiger partial charge in [0.2, 0.25) is 11.8 Å². The number of nitrogens with zero attached hydrogens (tertiary/aromatic N) is 2. The monoisotopic (exact) mass is 537 g/mol. The van der Waals surface area contributed by atoms with Crippen molar-refractivity contribution in [2.24, 2.45) is 0 Å². The SMILES string of the molecule is COc1ccc(Oc2ccc(NC(=O)CN(CC(=O)NC3CC3)C(=O)c3cc4cccc(C#N)c4[nH]3)cc2)cc1. The highest BCUT2D eigenvalue weighted by Crippen LogP contribution is 2.25. The van der Waals surface area contributed by atoms with E-state index in [4.69, 9.17) is 9.47 Å². The van der Waals surface area contributed by atoms with E-state index in [2.05, 4.69) is 21.7 Å². The minimum absolute atomic E-state index is 0.114. The Labute approximate surface area is 230 Å². The highest BCUT2D eigenvalue weighted by molar-refractivity contribution is 6.03. The number of anilines is 1. The average Bonchev–Trinajstić information content (AvgIpc) is 3.66. The molecule has 1 aromatic heterocycles. The van der Waals surface area contributed by atoms with Gasteiger partial charge in [0, 0.05) is 17.1 Å². The topological polar surface area (TPSA) is 137 Å². The van der Waals surface area contributed by atoms with Gasteiger partial charge >= 0.3 is 0 Å². The summed E-state index contributed by atoms with van der Waals surface area (Å²) in [6.07, 6.45) is 1.80. The van der Waals surface area contributed by atoms with Gasteiger partial charge in [-0.25, -0.2) is 0 Å². The summed E-state index contributed by atoms with van der Waals surface area (Å²) >= 11 is 0. The van der Waals surface area contributed by atoms with Gasteiger partial charge in [0.25, 0.3) is 5.91 Å². The lowest BCUT2D eigenvalue weighted by Gasteiger charge is -2.21. The van der Waals surface area contributed by atoms with Crippen molar-refractivity contribution in [3.63, 3.8) is 0 Å². The first-order valence-corrected chi connectivity index (χ1v) is 12.7. The van der Waals surface area contributed by atoms with E-state index >= 15 is 0 Å². The molecular formula is C30H27N5O5. The Kier molecular flexibility index (Phi) is 7.64. The maximum absolute atomic E-state index is 13.4. The third-order valence-electron chi connectivity index (χ3n) is 6.34. The summed E-state index contributed by atoms with van der Waals surface area (Å²) in [6.45, 7) is -0.626. The van der Waals surface area contributed by atoms with Gasteiger partial charge in [-0.3, -0.25) is 14.4 Å². The van der Waals surface area contributed by atoms with E-state index in [0.717, 1.165) is 18.6 Å². The maximum atomic E-state index is 13.4. The summed E-state index contributed by atoms with van der Waals surface area (Å²) in [5.74, 6) is 0.605. The minimum Gasteiger partial charge on any atom is -0.497 e. The number of fused-ring (bicyclic) bond motifs is 1. The molecule has 4 aromatic rings. The number of hydrogen-bond donors (Lipinski definition) is 3. The lowest BCUT2D eigenvalue weighted by atomic mass is 10.1. The molecule has 1 heterocycles. The number of para-hydroxylation sites is 1. The normalized spacial score (nSPS) is 12.3. The Morgan fingerprint density at radius 1 is 0.950 bits per heavy atom. The number of hydrogen-bond acceptors (Lipinski definition) is 6. The molecule has 1 fully saturated rings. The van der Waals surface area contributed by atoms with Crippen LogP contribution in [0.15, 0.2) is 72.8 Å². The van der Waals surface area contributed by atoms with Crippen molar-refractivity contribution in [1.29, 1.82) is 5.26 Å². The number of H-pyrrole nitrogens is 1. The standard InChI is InChI=1S/C30H27N5O5/c1-39-23-11-13-25(14-12-23)40-24-9-7-22(8-10-24)33-28(37)18-35(17-27(36)32-21-5-6-21)30(38)26-15-19-3-2-4-20(16-31)29(19)34-26/h2-4,7-15,21,34H,5-6,17-18H2,1H3,(H,32,36)(H,33,37). The van der Waals surface area contributed by atoms with E-state index in [1.165, 1.54) is 4.90 Å². The molecule has 10 heteroatoms. The van der Waals surface area contributed by atoms with E-state index < -0.39 is 11.8 Å². The van der Waals surface area contributed by atoms with Crippen molar-refractivity contribution in [1.82, 2.24) is 15.2 Å². The fraction of sp³-hybridized carbons (Fsp3) is 0.200. The van der Waals surface area contributed by atoms with Crippen molar-refractivity contribution in [3.05, 3.63) is 84.1 Å². The number of carbonyl (C=O) groups excluding carboxylic acids is 3. The summed E-state index contributed by atoms with van der Waals surface area (Å²) in [5.41, 5.74) is 1.61. The lowest BCUT2D eigenvalue weighted by molar-refractivity contribution is -0.122. The van der Waals surface area contributed by atoms with Gasteiger partial charge in [0.15, 0.2) is 0 Å². The van der Waals surface area contributed by atoms with E-state index in [1.807, 2.05) is 0 Å². The van der Waals surface area contributed by atoms with E-state index in [-0.39, 0.29) is 30.7 Å². The first-order valence-electron chi connectivity index (χ1n) is 12.7. The van der Waals surface area contributed by atoms with Crippen LogP contribution in [0.4, 0.5) is 5.69 Å². The smallest absolute Gasteiger partial charge is 0.271 e. The van der Waals surface area contributed by atoms with Crippen molar-refractivity contribution >= 4 is 34.3 Å². The number of carbonyl (C=O) groups is 3. The number of rotatable bonds is 10. The molecule has 40 heavy (non-hydrogen) atoms. The number of amides is 3. The molecule has 1 aliphatic carbocycles. The molecule has 0 spiro atoms. The molecule has 0 unspecified atom stereocenters. The van der Waals surface area contributed by atoms with Crippen LogP contribution in [0.3, 0.4) is 0 Å². The molecule has 1 saturated carbocycles. The predicted octanol–water partition coefficient (Wildman–Crippen LogP) is 4.20. The van der Waals surface area contributed by atoms with Gasteiger partial charge in [-0.15, -0.1) is 0 Å². The Balaban J connectivity index is 1.26. The van der Waals surface area contributed by atoms with Crippen LogP contribution < -0.4 is 20.1 Å². The Hall–Kier alpha value is -5.30. The molecule has 0 atom stereocenters. The number of aromatic nitrogens is 1. The zero-order valence-electron chi connectivity index (χ0n) is 21.8. The van der Waals surface area contributed by atoms with Gasteiger partial charge < -0.3 is 30.0 Å². The van der Waals surface area contributed by atoms with E-state index in [0.29, 0.717) is 33.7 Å². The first kappa shape index (κ1) is 26.3. The molecular weight excluding hydrogens is 510 g/mol. The van der Waals surface area contributed by atoms with Crippen molar-refractivity contribution in [3.8, 4) is 23.3 Å². The first-order chi connectivity index (χ1) is 19.4. The summed E-state index contributed by atoms with van der Waals surface area (Å²) in [5, 5.41) is 15.7. The lowest BCUT2D eigenvalue weighted by Crippen LogP contribution is -2.45. The molecule has 3 aromatic carbocycles. The van der Waals surface area contributed by atoms with E-state index in [9.17, 15) is 19.6 Å². The van der Waals surface area contributed by atoms with E-state index in [1.54, 1.807) is 79.9 Å². The van der Waals surface area contributed by atoms with Gasteiger partial charge in [0.05, 0.1) is 18.2 Å². The van der Waals surface area contributed by atoms with Crippen LogP contribution in [-0.4, -0.2) is 53.8 Å². The molecule has 5 rings (SSSR count). The summed E-state index contributed by atoms with van der Waals surface area (Å²) in [6, 6.07) is 22.9. The van der Waals surface area contributed by atoms with Crippen LogP contribution in [0, 0.1) is 11.3 Å². The van der Waals surface area contributed by atoms with Crippen LogP contribution in [0.2, 0.25) is 0 Å². The molecule has 202 valence electrons. The van der Waals surface area contributed by atoms with Gasteiger partial charge in [-0.05, 0) is 73.5 Å². The molecule has 0 aliphatic heterocycles. The molecule has 1 aliphatic rings. The summed E-state index contributed by atoms with van der Waals surface area (Å²) in [7, 11) is 1.59. The zero-order chi connectivity index (χ0) is 28.1. The van der Waals surface area contributed by atoms with Crippen LogP contribution in [0.1, 0.15) is 28.9 Å². The fourth-order valence-electron chi connectivity index (χ4n) is 4.17. The molecule has 0 saturated heterocycles. The van der Waals surface area contributed by atoms with Gasteiger partial charge in [-0.2, -0.15) is 5.26 Å². The molecule has 0 bridgehead atoms. The number of benzene rings is 3. The third kappa shape index (κ3) is 6.39. The molecule has 3 N–H and O–H groups in total. The number of methoxy groups -OCH3 is 1. The largest absolute Gasteiger partial charge is 0.497 e.